The zero-order valence-electron chi connectivity index (χ0n) is 13.2. The Morgan fingerprint density at radius 2 is 0.760 bits per heavy atom. The fourth-order valence-electron chi connectivity index (χ4n) is 0.686. The molecule has 0 rings (SSSR count). The van der Waals surface area contributed by atoms with E-state index < -0.39 is 36.7 Å². The summed E-state index contributed by atoms with van der Waals surface area (Å²) < 4.78 is 0. The van der Waals surface area contributed by atoms with Crippen molar-refractivity contribution in [1.82, 2.24) is 0 Å². The van der Waals surface area contributed by atoms with Gasteiger partial charge in [-0.2, -0.15) is 13.1 Å². The van der Waals surface area contributed by atoms with Gasteiger partial charge in [0.1, 0.15) is 12.8 Å². The van der Waals surface area contributed by atoms with Gasteiger partial charge in [-0.25, -0.2) is 0 Å². The van der Waals surface area contributed by atoms with Gasteiger partial charge in [0.2, 0.25) is 0 Å². The molecule has 12 nitrogen and oxygen atoms in total. The zero-order chi connectivity index (χ0) is 17.3. The van der Waals surface area contributed by atoms with E-state index in [1.54, 1.807) is 0 Å². The van der Waals surface area contributed by atoms with Crippen molar-refractivity contribution < 1.29 is 81.7 Å². The first-order chi connectivity index (χ1) is 9.67. The smallest absolute Gasteiger partial charge is 0.693 e. The van der Waals surface area contributed by atoms with E-state index in [1.165, 1.54) is 0 Å². The molecule has 0 aliphatic rings. The van der Waals surface area contributed by atoms with Crippen LogP contribution >= 0.6 is 0 Å². The topological polar surface area (TPSA) is 264 Å². The fourth-order valence-corrected chi connectivity index (χ4v) is 0.686. The summed E-state index contributed by atoms with van der Waals surface area (Å²) in [5, 5.41) is 30.8. The zero-order valence-corrected chi connectivity index (χ0v) is 17.7. The van der Waals surface area contributed by atoms with Gasteiger partial charge in [-0.1, -0.05) is 19.3 Å². The average molecular weight is 730 g/mol. The van der Waals surface area contributed by atoms with Crippen LogP contribution in [0.4, 0.5) is 0 Å². The first-order valence-corrected chi connectivity index (χ1v) is 5.83. The summed E-state index contributed by atoms with van der Waals surface area (Å²) in [6.45, 7) is 1.06. The number of carboxylic acids is 4. The quantitative estimate of drug-likeness (QED) is 0.213. The van der Waals surface area contributed by atoms with Crippen LogP contribution in [0.25, 0.3) is 23.8 Å². The van der Waals surface area contributed by atoms with Crippen LogP contribution in [0.2, 0.25) is 0 Å². The molecule has 0 heterocycles. The van der Waals surface area contributed by atoms with Crippen molar-refractivity contribution in [2.45, 2.75) is 32.1 Å². The molecule has 0 radical (unpaired) electrons. The number of hydrogen-bond donors (Lipinski definition) is 4. The molecule has 0 aromatic rings. The van der Waals surface area contributed by atoms with E-state index in [0.717, 1.165) is 19.3 Å². The number of rotatable bonds is 8. The summed E-state index contributed by atoms with van der Waals surface area (Å²) in [6, 6.07) is 0. The molecule has 0 saturated heterocycles. The molecule has 0 aliphatic carbocycles. The number of nitrogens with two attached hydrogens (primary N) is 2. The third-order valence-electron chi connectivity index (χ3n) is 1.46. The Morgan fingerprint density at radius 3 is 0.840 bits per heavy atom. The second-order valence-electron chi connectivity index (χ2n) is 3.49. The first-order valence-electron chi connectivity index (χ1n) is 5.83. The van der Waals surface area contributed by atoms with E-state index in [0.29, 0.717) is 13.1 Å². The predicted octanol–water partition coefficient (Wildman–Crippen LogP) is 2.78. The molecule has 0 amide bonds. The third-order valence-corrected chi connectivity index (χ3v) is 1.46. The molecule has 156 valence electrons. The summed E-state index contributed by atoms with van der Waals surface area (Å²) in [7, 11) is 0. The van der Waals surface area contributed by atoms with E-state index in [4.69, 9.17) is 31.9 Å². The first kappa shape index (κ1) is 44.0. The molecule has 0 atom stereocenters. The molecule has 0 aromatic heterocycles. The Morgan fingerprint density at radius 1 is 0.560 bits per heavy atom. The molecule has 10 N–H and O–H groups in total. The molecule has 0 spiro atoms. The summed E-state index contributed by atoms with van der Waals surface area (Å²) in [4.78, 5) is 37.7. The number of carboxylic acid groups (broad SMARTS) is 4. The van der Waals surface area contributed by atoms with Gasteiger partial charge >= 0.3 is 66.0 Å². The van der Waals surface area contributed by atoms with Crippen molar-refractivity contribution in [3.63, 3.8) is 0 Å². The van der Waals surface area contributed by atoms with Crippen molar-refractivity contribution in [3.8, 4) is 0 Å². The maximum atomic E-state index is 9.43. The van der Waals surface area contributed by atoms with Gasteiger partial charge in [0.15, 0.2) is 0 Å². The van der Waals surface area contributed by atoms with Crippen LogP contribution in [0.3, 0.4) is 0 Å². The van der Waals surface area contributed by atoms with Crippen molar-refractivity contribution in [1.29, 1.82) is 0 Å². The van der Waals surface area contributed by atoms with Crippen molar-refractivity contribution in [2.75, 3.05) is 13.1 Å². The maximum absolute atomic E-state index is 9.43. The molecule has 0 aromatic carbocycles. The van der Waals surface area contributed by atoms with Gasteiger partial charge in [0, 0.05) is 0 Å². The average Bonchev–Trinajstić information content (AvgIpc) is 2.27. The number of hydrogen-bond acceptors (Lipinski definition) is 4. The maximum Gasteiger partial charge on any atom is 2.00 e. The Balaban J connectivity index is -0.0000000360. The second-order valence-corrected chi connectivity index (χ2v) is 3.49. The Labute approximate surface area is 174 Å². The molecular formula is C11H24N4O8Pt2. The predicted molar refractivity (Wildman–Crippen MR) is 82.6 cm³/mol. The van der Waals surface area contributed by atoms with E-state index in [1.807, 2.05) is 0 Å². The van der Waals surface area contributed by atoms with Crippen LogP contribution in [-0.2, 0) is 61.3 Å². The van der Waals surface area contributed by atoms with Crippen molar-refractivity contribution >= 4 is 23.9 Å². The minimum absolute atomic E-state index is 0. The van der Waals surface area contributed by atoms with Gasteiger partial charge in [-0.05, 0) is 0 Å². The van der Waals surface area contributed by atoms with Crippen LogP contribution in [0.15, 0.2) is 0 Å². The van der Waals surface area contributed by atoms with E-state index >= 15 is 0 Å². The third kappa shape index (κ3) is 83.5. The Kier molecular flexibility index (Phi) is 60.6. The van der Waals surface area contributed by atoms with E-state index in [2.05, 4.69) is 0 Å². The standard InChI is InChI=1S/C5H12N2.2C3H4O4.2H2N.2Pt/c6-4-2-1-3-5-7;2*4-2(5)1-3(6)7;;;;/h6-7H,1-5H2;2*1H2,(H,4,5)(H,6,7);2*1H2;;/q-2;;;2*-1;2*+2. The van der Waals surface area contributed by atoms with E-state index in [9.17, 15) is 19.2 Å². The fraction of sp³-hybridized carbons (Fsp3) is 0.636. The summed E-state index contributed by atoms with van der Waals surface area (Å²) in [6.07, 6.45) is 1.39. The monoisotopic (exact) mass is 730 g/mol. The van der Waals surface area contributed by atoms with Crippen LogP contribution in [0.5, 0.6) is 0 Å². The normalized spacial score (nSPS) is 7.12. The molecule has 25 heavy (non-hydrogen) atoms. The minimum Gasteiger partial charge on any atom is -0.693 e. The minimum atomic E-state index is -1.31. The molecule has 0 bridgehead atoms. The number of carbonyl (C=O) groups is 4. The summed E-state index contributed by atoms with van der Waals surface area (Å²) in [5.74, 6) is -5.25. The Hall–Kier alpha value is -0.903. The largest absolute Gasteiger partial charge is 2.00 e. The molecule has 0 unspecified atom stereocenters. The van der Waals surface area contributed by atoms with Gasteiger partial charge in [-0.15, -0.1) is 0 Å². The van der Waals surface area contributed by atoms with Gasteiger partial charge in [0.25, 0.3) is 0 Å². The van der Waals surface area contributed by atoms with Crippen molar-refractivity contribution in [3.05, 3.63) is 23.8 Å². The molecule has 0 fully saturated rings. The van der Waals surface area contributed by atoms with Crippen molar-refractivity contribution in [2.24, 2.45) is 0 Å². The molecule has 14 heteroatoms. The SMILES string of the molecule is O=C(O)CC(=O)O.O=C(O)CC(=O)O.[NH-]CCCCC[NH-].[NH2-].[NH2-].[Pt+2].[Pt+2]. The Bertz CT molecular complexity index is 281. The summed E-state index contributed by atoms with van der Waals surface area (Å²) in [5.41, 5.74) is 13.4. The second kappa shape index (κ2) is 34.4. The van der Waals surface area contributed by atoms with E-state index in [-0.39, 0.29) is 54.4 Å². The number of aliphatic carboxylic acids is 4. The summed E-state index contributed by atoms with van der Waals surface area (Å²) >= 11 is 0. The van der Waals surface area contributed by atoms with Crippen LogP contribution in [0.1, 0.15) is 32.1 Å². The molecule has 0 aliphatic heterocycles. The molecular weight excluding hydrogens is 706 g/mol. The van der Waals surface area contributed by atoms with Gasteiger partial charge < -0.3 is 44.2 Å². The number of unbranched alkanes of at least 4 members (excludes halogenated alkanes) is 2. The number of nitrogens with one attached hydrogen (secondary N) is 2. The van der Waals surface area contributed by atoms with Gasteiger partial charge in [0.05, 0.1) is 0 Å². The molecule has 0 saturated carbocycles. The van der Waals surface area contributed by atoms with Crippen LogP contribution in [0, 0.1) is 0 Å². The van der Waals surface area contributed by atoms with Crippen LogP contribution < -0.4 is 0 Å². The van der Waals surface area contributed by atoms with Crippen LogP contribution in [-0.4, -0.2) is 57.4 Å². The van der Waals surface area contributed by atoms with Gasteiger partial charge in [-0.3, -0.25) is 19.2 Å².